The van der Waals surface area contributed by atoms with E-state index in [1.165, 1.54) is 17.5 Å². The van der Waals surface area contributed by atoms with E-state index in [4.69, 9.17) is 4.74 Å². The molecule has 92 valence electrons. The third kappa shape index (κ3) is 2.38. The molecule has 3 rings (SSSR count). The van der Waals surface area contributed by atoms with E-state index < -0.39 is 0 Å². The van der Waals surface area contributed by atoms with Crippen molar-refractivity contribution in [2.45, 2.75) is 50.2 Å². The van der Waals surface area contributed by atoms with Gasteiger partial charge in [-0.05, 0) is 43.2 Å². The predicted octanol–water partition coefficient (Wildman–Crippen LogP) is 2.65. The van der Waals surface area contributed by atoms with Gasteiger partial charge in [-0.15, -0.1) is 0 Å². The number of aliphatic hydroxyl groups is 1. The van der Waals surface area contributed by atoms with E-state index in [1.54, 1.807) is 0 Å². The summed E-state index contributed by atoms with van der Waals surface area (Å²) < 4.78 is 5.98. The number of rotatable bonds is 3. The molecule has 0 bridgehead atoms. The van der Waals surface area contributed by atoms with Crippen LogP contribution >= 0.6 is 0 Å². The smallest absolute Gasteiger partial charge is 0.0577 e. The normalized spacial score (nSPS) is 31.7. The van der Waals surface area contributed by atoms with Crippen molar-refractivity contribution in [3.63, 3.8) is 0 Å². The second-order valence-corrected chi connectivity index (χ2v) is 5.36. The summed E-state index contributed by atoms with van der Waals surface area (Å²) in [6.07, 6.45) is 5.33. The molecule has 1 fully saturated rings. The highest BCUT2D eigenvalue weighted by Gasteiger charge is 2.27. The summed E-state index contributed by atoms with van der Waals surface area (Å²) in [5.74, 6) is 0.609. The molecule has 0 spiro atoms. The molecule has 2 heteroatoms. The van der Waals surface area contributed by atoms with Gasteiger partial charge in [0.2, 0.25) is 0 Å². The lowest BCUT2D eigenvalue weighted by atomic mass is 9.78. The molecule has 0 amide bonds. The zero-order chi connectivity index (χ0) is 11.7. The van der Waals surface area contributed by atoms with E-state index in [1.807, 2.05) is 0 Å². The first-order chi connectivity index (χ1) is 8.33. The van der Waals surface area contributed by atoms with Crippen molar-refractivity contribution in [3.8, 4) is 0 Å². The number of hydrogen-bond donors (Lipinski definition) is 1. The van der Waals surface area contributed by atoms with Gasteiger partial charge in [-0.25, -0.2) is 0 Å². The Kier molecular flexibility index (Phi) is 3.17. The first kappa shape index (κ1) is 11.2. The molecule has 0 saturated heterocycles. The minimum Gasteiger partial charge on any atom is -0.393 e. The molecular formula is C15H20O2. The summed E-state index contributed by atoms with van der Waals surface area (Å²) in [4.78, 5) is 0. The Balaban J connectivity index is 1.47. The number of benzene rings is 1. The van der Waals surface area contributed by atoms with Gasteiger partial charge in [0.15, 0.2) is 0 Å². The van der Waals surface area contributed by atoms with Crippen molar-refractivity contribution in [2.24, 2.45) is 0 Å². The summed E-state index contributed by atoms with van der Waals surface area (Å²) in [6, 6.07) is 8.65. The fourth-order valence-corrected chi connectivity index (χ4v) is 2.98. The maximum atomic E-state index is 9.44. The second-order valence-electron chi connectivity index (χ2n) is 5.36. The van der Waals surface area contributed by atoms with Crippen LogP contribution in [0.25, 0.3) is 0 Å². The molecule has 1 unspecified atom stereocenters. The Labute approximate surface area is 103 Å². The summed E-state index contributed by atoms with van der Waals surface area (Å²) in [7, 11) is 0. The summed E-state index contributed by atoms with van der Waals surface area (Å²) >= 11 is 0. The third-order valence-corrected chi connectivity index (χ3v) is 4.14. The fraction of sp³-hybridized carbons (Fsp3) is 0.600. The van der Waals surface area contributed by atoms with Gasteiger partial charge in [-0.2, -0.15) is 0 Å². The number of aliphatic hydroxyl groups excluding tert-OH is 1. The first-order valence-electron chi connectivity index (χ1n) is 6.70. The Bertz CT molecular complexity index is 380. The van der Waals surface area contributed by atoms with Gasteiger partial charge in [0.05, 0.1) is 18.8 Å². The molecule has 1 aromatic carbocycles. The largest absolute Gasteiger partial charge is 0.393 e. The van der Waals surface area contributed by atoms with Crippen molar-refractivity contribution < 1.29 is 9.84 Å². The van der Waals surface area contributed by atoms with Crippen molar-refractivity contribution in [2.75, 3.05) is 6.61 Å². The SMILES string of the molecule is OC1CCC(OCC2Cc3ccccc32)CC1. The quantitative estimate of drug-likeness (QED) is 0.868. The van der Waals surface area contributed by atoms with E-state index in [0.717, 1.165) is 32.3 Å². The van der Waals surface area contributed by atoms with Crippen LogP contribution < -0.4 is 0 Å². The molecule has 1 atom stereocenters. The van der Waals surface area contributed by atoms with Crippen LogP contribution in [0.3, 0.4) is 0 Å². The number of ether oxygens (including phenoxy) is 1. The Morgan fingerprint density at radius 2 is 1.88 bits per heavy atom. The molecule has 2 nitrogen and oxygen atoms in total. The van der Waals surface area contributed by atoms with Crippen molar-refractivity contribution >= 4 is 0 Å². The standard InChI is InChI=1S/C15H20O2/c16-13-5-7-14(8-6-13)17-10-12-9-11-3-1-2-4-15(11)12/h1-4,12-14,16H,5-10H2. The Morgan fingerprint density at radius 3 is 2.65 bits per heavy atom. The average Bonchev–Trinajstić information content (AvgIpc) is 2.33. The topological polar surface area (TPSA) is 29.5 Å². The van der Waals surface area contributed by atoms with Crippen molar-refractivity contribution in [3.05, 3.63) is 35.4 Å². The molecule has 2 aliphatic rings. The molecule has 0 aliphatic heterocycles. The van der Waals surface area contributed by atoms with Crippen LogP contribution in [0.15, 0.2) is 24.3 Å². The average molecular weight is 232 g/mol. The molecular weight excluding hydrogens is 212 g/mol. The highest BCUT2D eigenvalue weighted by atomic mass is 16.5. The van der Waals surface area contributed by atoms with E-state index in [0.29, 0.717) is 12.0 Å². The van der Waals surface area contributed by atoms with E-state index in [-0.39, 0.29) is 6.10 Å². The van der Waals surface area contributed by atoms with Crippen LogP contribution in [0, 0.1) is 0 Å². The van der Waals surface area contributed by atoms with Crippen LogP contribution in [0.1, 0.15) is 42.7 Å². The minimum absolute atomic E-state index is 0.0840. The summed E-state index contributed by atoms with van der Waals surface area (Å²) in [5, 5.41) is 9.44. The molecule has 0 heterocycles. The zero-order valence-electron chi connectivity index (χ0n) is 10.1. The molecule has 1 saturated carbocycles. The van der Waals surface area contributed by atoms with Gasteiger partial charge in [0.1, 0.15) is 0 Å². The van der Waals surface area contributed by atoms with Crippen LogP contribution in [-0.2, 0) is 11.2 Å². The van der Waals surface area contributed by atoms with Crippen LogP contribution in [0.5, 0.6) is 0 Å². The van der Waals surface area contributed by atoms with Gasteiger partial charge in [0, 0.05) is 5.92 Å². The monoisotopic (exact) mass is 232 g/mol. The van der Waals surface area contributed by atoms with Gasteiger partial charge in [-0.1, -0.05) is 24.3 Å². The summed E-state index contributed by atoms with van der Waals surface area (Å²) in [6.45, 7) is 0.859. The van der Waals surface area contributed by atoms with Crippen molar-refractivity contribution in [1.29, 1.82) is 0 Å². The lowest BCUT2D eigenvalue weighted by Gasteiger charge is -2.32. The van der Waals surface area contributed by atoms with Crippen LogP contribution in [0.4, 0.5) is 0 Å². The van der Waals surface area contributed by atoms with Crippen LogP contribution in [0.2, 0.25) is 0 Å². The molecule has 1 N–H and O–H groups in total. The fourth-order valence-electron chi connectivity index (χ4n) is 2.98. The highest BCUT2D eigenvalue weighted by Crippen LogP contribution is 2.35. The van der Waals surface area contributed by atoms with E-state index in [2.05, 4.69) is 24.3 Å². The summed E-state index contributed by atoms with van der Waals surface area (Å²) in [5.41, 5.74) is 2.96. The lowest BCUT2D eigenvalue weighted by molar-refractivity contribution is -0.0108. The molecule has 1 aromatic rings. The zero-order valence-corrected chi connectivity index (χ0v) is 10.1. The number of fused-ring (bicyclic) bond motifs is 1. The van der Waals surface area contributed by atoms with Crippen LogP contribution in [-0.4, -0.2) is 23.9 Å². The lowest BCUT2D eigenvalue weighted by Crippen LogP contribution is -2.28. The van der Waals surface area contributed by atoms with E-state index >= 15 is 0 Å². The van der Waals surface area contributed by atoms with Gasteiger partial charge in [-0.3, -0.25) is 0 Å². The predicted molar refractivity (Wildman–Crippen MR) is 67.1 cm³/mol. The van der Waals surface area contributed by atoms with Gasteiger partial charge in [0.25, 0.3) is 0 Å². The number of hydrogen-bond acceptors (Lipinski definition) is 2. The molecule has 0 radical (unpaired) electrons. The molecule has 0 aromatic heterocycles. The Morgan fingerprint density at radius 1 is 1.12 bits per heavy atom. The van der Waals surface area contributed by atoms with Crippen molar-refractivity contribution in [1.82, 2.24) is 0 Å². The van der Waals surface area contributed by atoms with E-state index in [9.17, 15) is 5.11 Å². The molecule has 17 heavy (non-hydrogen) atoms. The highest BCUT2D eigenvalue weighted by molar-refractivity contribution is 5.39. The second kappa shape index (κ2) is 4.79. The maximum absolute atomic E-state index is 9.44. The van der Waals surface area contributed by atoms with Gasteiger partial charge >= 0.3 is 0 Å². The Hall–Kier alpha value is -0.860. The third-order valence-electron chi connectivity index (χ3n) is 4.14. The van der Waals surface area contributed by atoms with Gasteiger partial charge < -0.3 is 9.84 Å². The first-order valence-corrected chi connectivity index (χ1v) is 6.70. The molecule has 2 aliphatic carbocycles. The maximum Gasteiger partial charge on any atom is 0.0577 e. The minimum atomic E-state index is -0.0840.